The fourth-order valence-electron chi connectivity index (χ4n) is 5.67. The number of hydrogen-bond donors (Lipinski definition) is 2. The third kappa shape index (κ3) is 13.0. The highest BCUT2D eigenvalue weighted by Crippen LogP contribution is 2.35. The monoisotopic (exact) mass is 617 g/mol. The van der Waals surface area contributed by atoms with E-state index in [0.717, 1.165) is 16.7 Å². The van der Waals surface area contributed by atoms with Crippen LogP contribution in [0.15, 0.2) is 42.5 Å². The predicted molar refractivity (Wildman–Crippen MR) is 194 cm³/mol. The molecule has 0 fully saturated rings. The summed E-state index contributed by atoms with van der Waals surface area (Å²) in [6.45, 7) is 30.7. The molecular weight excluding hydrogens is 554 g/mol. The molecule has 0 aromatic heterocycles. The molecule has 4 nitrogen and oxygen atoms in total. The summed E-state index contributed by atoms with van der Waals surface area (Å²) in [5.41, 5.74) is 11.6. The van der Waals surface area contributed by atoms with E-state index in [1.807, 2.05) is 39.8 Å². The number of aryl methyl sites for hydroxylation is 5. The minimum Gasteiger partial charge on any atom is -0.507 e. The molecular formula is C41H63NO3. The van der Waals surface area contributed by atoms with Crippen molar-refractivity contribution in [1.82, 2.24) is 5.32 Å². The van der Waals surface area contributed by atoms with Gasteiger partial charge < -0.3 is 15.2 Å². The number of carbonyl (C=O) groups is 1. The van der Waals surface area contributed by atoms with E-state index >= 15 is 0 Å². The van der Waals surface area contributed by atoms with Gasteiger partial charge >= 0.3 is 0 Å². The summed E-state index contributed by atoms with van der Waals surface area (Å²) in [6.07, 6.45) is 1.14. The van der Waals surface area contributed by atoms with Gasteiger partial charge in [0.25, 0.3) is 0 Å². The van der Waals surface area contributed by atoms with E-state index in [1.165, 1.54) is 38.9 Å². The summed E-state index contributed by atoms with van der Waals surface area (Å²) in [6, 6.07) is 15.0. The maximum atomic E-state index is 12.7. The normalized spacial score (nSPS) is 11.8. The van der Waals surface area contributed by atoms with Crippen LogP contribution in [0.3, 0.4) is 0 Å². The van der Waals surface area contributed by atoms with Crippen molar-refractivity contribution in [2.24, 2.45) is 0 Å². The number of hydrogen-bond acceptors (Lipinski definition) is 3. The SMILES string of the molecule is C.Cc1cc(C)cc(C)c1.Cc1cc(CNC(=O)CCc2cc(C(C)(C)C)c(C)c(C(C)(C)C)c2)cc(COC(C)(C)C)c1O. The Morgan fingerprint density at radius 3 is 1.60 bits per heavy atom. The van der Waals surface area contributed by atoms with Gasteiger partial charge in [0.1, 0.15) is 5.75 Å². The molecule has 0 saturated heterocycles. The fraction of sp³-hybridized carbons (Fsp3) is 0.537. The highest BCUT2D eigenvalue weighted by atomic mass is 16.5. The van der Waals surface area contributed by atoms with Crippen LogP contribution >= 0.6 is 0 Å². The minimum absolute atomic E-state index is 0. The molecule has 4 heteroatoms. The van der Waals surface area contributed by atoms with E-state index in [9.17, 15) is 9.90 Å². The second-order valence-electron chi connectivity index (χ2n) is 15.6. The molecule has 45 heavy (non-hydrogen) atoms. The van der Waals surface area contributed by atoms with Crippen molar-refractivity contribution in [3.8, 4) is 5.75 Å². The van der Waals surface area contributed by atoms with Crippen LogP contribution in [-0.2, 0) is 39.9 Å². The van der Waals surface area contributed by atoms with Gasteiger partial charge in [0, 0.05) is 18.5 Å². The molecule has 0 atom stereocenters. The van der Waals surface area contributed by atoms with Crippen molar-refractivity contribution in [2.75, 3.05) is 0 Å². The lowest BCUT2D eigenvalue weighted by atomic mass is 9.75. The topological polar surface area (TPSA) is 58.6 Å². The smallest absolute Gasteiger partial charge is 0.220 e. The van der Waals surface area contributed by atoms with Crippen LogP contribution in [-0.4, -0.2) is 16.6 Å². The standard InChI is InChI=1S/C31H47NO3.C9H12.CH4/c1-20-14-23(15-24(28(20)34)19-35-31(9,10)11)18-32-27(33)13-12-22-16-25(29(3,4)5)21(2)26(17-22)30(6,7)8;1-7-4-8(2)6-9(3)5-7;/h14-17,34H,12-13,18-19H2,1-11H3,(H,32,33);4-6H,1-3H3;1H4. The Balaban J connectivity index is 0.000000866. The highest BCUT2D eigenvalue weighted by Gasteiger charge is 2.24. The Labute approximate surface area is 276 Å². The first-order valence-corrected chi connectivity index (χ1v) is 16.0. The molecule has 250 valence electrons. The highest BCUT2D eigenvalue weighted by molar-refractivity contribution is 5.76. The number of amides is 1. The number of carbonyl (C=O) groups excluding carboxylic acids is 1. The van der Waals surface area contributed by atoms with Gasteiger partial charge in [-0.25, -0.2) is 0 Å². The first-order chi connectivity index (χ1) is 20.1. The largest absolute Gasteiger partial charge is 0.507 e. The quantitative estimate of drug-likeness (QED) is 0.277. The van der Waals surface area contributed by atoms with Crippen molar-refractivity contribution < 1.29 is 14.6 Å². The van der Waals surface area contributed by atoms with Crippen LogP contribution in [0.25, 0.3) is 0 Å². The molecule has 0 spiro atoms. The van der Waals surface area contributed by atoms with Crippen molar-refractivity contribution in [3.63, 3.8) is 0 Å². The molecule has 0 radical (unpaired) electrons. The van der Waals surface area contributed by atoms with Crippen molar-refractivity contribution in [1.29, 1.82) is 0 Å². The zero-order valence-corrected chi connectivity index (χ0v) is 30.1. The van der Waals surface area contributed by atoms with Crippen LogP contribution in [0, 0.1) is 34.6 Å². The molecule has 3 aromatic carbocycles. The maximum Gasteiger partial charge on any atom is 0.220 e. The van der Waals surface area contributed by atoms with Crippen LogP contribution in [0.2, 0.25) is 0 Å². The van der Waals surface area contributed by atoms with Crippen molar-refractivity contribution >= 4 is 5.91 Å². The molecule has 3 aromatic rings. The van der Waals surface area contributed by atoms with Crippen LogP contribution in [0.5, 0.6) is 5.75 Å². The maximum absolute atomic E-state index is 12.7. The van der Waals surface area contributed by atoms with Gasteiger partial charge in [-0.1, -0.05) is 102 Å². The van der Waals surface area contributed by atoms with Crippen molar-refractivity contribution in [2.45, 2.75) is 147 Å². The third-order valence-electron chi connectivity index (χ3n) is 7.68. The van der Waals surface area contributed by atoms with Gasteiger partial charge in [0.05, 0.1) is 12.2 Å². The van der Waals surface area contributed by atoms with Gasteiger partial charge in [-0.15, -0.1) is 0 Å². The summed E-state index contributed by atoms with van der Waals surface area (Å²) >= 11 is 0. The zero-order valence-electron chi connectivity index (χ0n) is 30.1. The molecule has 0 saturated carbocycles. The second kappa shape index (κ2) is 15.9. The number of phenolic OH excluding ortho intramolecular Hbond substituents is 1. The Hall–Kier alpha value is -3.11. The molecule has 0 aliphatic carbocycles. The average molecular weight is 618 g/mol. The number of phenols is 1. The van der Waals surface area contributed by atoms with E-state index < -0.39 is 0 Å². The van der Waals surface area contributed by atoms with E-state index in [4.69, 9.17) is 4.74 Å². The lowest BCUT2D eigenvalue weighted by molar-refractivity contribution is -0.121. The molecule has 0 aliphatic rings. The Kier molecular flexibility index (Phi) is 14.1. The Morgan fingerprint density at radius 2 is 1.18 bits per heavy atom. The van der Waals surface area contributed by atoms with Gasteiger partial charge in [-0.05, 0) is 112 Å². The van der Waals surface area contributed by atoms with E-state index in [2.05, 4.69) is 105 Å². The van der Waals surface area contributed by atoms with E-state index in [1.54, 1.807) is 0 Å². The first kappa shape index (κ1) is 39.9. The second-order valence-corrected chi connectivity index (χ2v) is 15.6. The molecule has 0 aliphatic heterocycles. The Bertz CT molecular complexity index is 1340. The number of benzene rings is 3. The summed E-state index contributed by atoms with van der Waals surface area (Å²) in [5.74, 6) is 0.284. The fourth-order valence-corrected chi connectivity index (χ4v) is 5.67. The molecule has 3 rings (SSSR count). The van der Waals surface area contributed by atoms with Crippen LogP contribution < -0.4 is 5.32 Å². The third-order valence-corrected chi connectivity index (χ3v) is 7.68. The van der Waals surface area contributed by atoms with Gasteiger partial charge in [-0.3, -0.25) is 4.79 Å². The summed E-state index contributed by atoms with van der Waals surface area (Å²) in [5, 5.41) is 13.5. The Morgan fingerprint density at radius 1 is 0.711 bits per heavy atom. The summed E-state index contributed by atoms with van der Waals surface area (Å²) in [4.78, 5) is 12.7. The van der Waals surface area contributed by atoms with Crippen LogP contribution in [0.4, 0.5) is 0 Å². The molecule has 0 bridgehead atoms. The number of nitrogens with one attached hydrogen (secondary N) is 1. The predicted octanol–water partition coefficient (Wildman–Crippen LogP) is 10.4. The zero-order chi connectivity index (χ0) is 33.6. The minimum atomic E-state index is -0.291. The molecule has 0 heterocycles. The van der Waals surface area contributed by atoms with Gasteiger partial charge in [-0.2, -0.15) is 0 Å². The lowest BCUT2D eigenvalue weighted by Crippen LogP contribution is -2.24. The van der Waals surface area contributed by atoms with Crippen LogP contribution in [0.1, 0.15) is 132 Å². The molecule has 2 N–H and O–H groups in total. The number of aromatic hydroxyl groups is 1. The van der Waals surface area contributed by atoms with Crippen molar-refractivity contribution in [3.05, 3.63) is 98.1 Å². The van der Waals surface area contributed by atoms with E-state index in [-0.39, 0.29) is 35.5 Å². The summed E-state index contributed by atoms with van der Waals surface area (Å²) in [7, 11) is 0. The molecule has 0 unspecified atom stereocenters. The summed E-state index contributed by atoms with van der Waals surface area (Å²) < 4.78 is 5.85. The average Bonchev–Trinajstić information content (AvgIpc) is 2.85. The lowest BCUT2D eigenvalue weighted by Gasteiger charge is -2.30. The number of ether oxygens (including phenoxy) is 1. The van der Waals surface area contributed by atoms with Gasteiger partial charge in [0.2, 0.25) is 5.91 Å². The molecule has 1 amide bonds. The van der Waals surface area contributed by atoms with E-state index in [0.29, 0.717) is 26.0 Å². The van der Waals surface area contributed by atoms with Gasteiger partial charge in [0.15, 0.2) is 0 Å². The number of rotatable bonds is 7. The first-order valence-electron chi connectivity index (χ1n) is 16.0.